The van der Waals surface area contributed by atoms with E-state index in [9.17, 15) is 0 Å². The Morgan fingerprint density at radius 1 is 1.18 bits per heavy atom. The first kappa shape index (κ1) is 11.3. The molecule has 4 rings (SSSR count). The molecule has 0 unspecified atom stereocenters. The van der Waals surface area contributed by atoms with Crippen LogP contribution in [-0.2, 0) is 4.74 Å². The minimum absolute atomic E-state index is 0.485. The van der Waals surface area contributed by atoms with Gasteiger partial charge in [0, 0.05) is 7.11 Å². The molecule has 4 fully saturated rings. The fraction of sp³-hybridized carbons (Fsp3) is 0.800. The third kappa shape index (κ3) is 2.02. The molecule has 0 aliphatic heterocycles. The largest absolute Gasteiger partial charge is 0.379 e. The highest BCUT2D eigenvalue weighted by Crippen LogP contribution is 2.57. The molecule has 4 aliphatic carbocycles. The van der Waals surface area contributed by atoms with E-state index in [2.05, 4.69) is 12.1 Å². The van der Waals surface area contributed by atoms with Crippen molar-refractivity contribution in [3.8, 4) is 6.07 Å². The third-order valence-electron chi connectivity index (χ3n) is 5.14. The summed E-state index contributed by atoms with van der Waals surface area (Å²) in [7, 11) is 1.67. The first-order valence-electron chi connectivity index (χ1n) is 6.90. The molecule has 17 heavy (non-hydrogen) atoms. The van der Waals surface area contributed by atoms with Gasteiger partial charge in [-0.25, -0.2) is 0 Å². The summed E-state index contributed by atoms with van der Waals surface area (Å²) in [4.78, 5) is 0. The lowest BCUT2D eigenvalue weighted by Gasteiger charge is -2.53. The fourth-order valence-corrected chi connectivity index (χ4v) is 4.74. The van der Waals surface area contributed by atoms with Crippen molar-refractivity contribution < 1.29 is 4.74 Å². The SMILES string of the molecule is COC/C(C#N)=C\C1C2CC3CC(C2)CC1C3. The molecule has 2 heteroatoms. The van der Waals surface area contributed by atoms with Gasteiger partial charge >= 0.3 is 0 Å². The number of hydrogen-bond acceptors (Lipinski definition) is 2. The maximum absolute atomic E-state index is 9.11. The van der Waals surface area contributed by atoms with Crippen molar-refractivity contribution in [2.45, 2.75) is 32.1 Å². The molecule has 4 bridgehead atoms. The molecule has 92 valence electrons. The van der Waals surface area contributed by atoms with Crippen LogP contribution in [0.5, 0.6) is 0 Å². The van der Waals surface area contributed by atoms with Gasteiger partial charge in [0.25, 0.3) is 0 Å². The lowest BCUT2D eigenvalue weighted by atomic mass is 9.52. The van der Waals surface area contributed by atoms with Crippen molar-refractivity contribution in [2.24, 2.45) is 29.6 Å². The van der Waals surface area contributed by atoms with Crippen molar-refractivity contribution in [3.05, 3.63) is 11.6 Å². The molecule has 0 heterocycles. The van der Waals surface area contributed by atoms with Crippen LogP contribution < -0.4 is 0 Å². The second-order valence-corrected chi connectivity index (χ2v) is 6.24. The Morgan fingerprint density at radius 2 is 1.76 bits per heavy atom. The predicted molar refractivity (Wildman–Crippen MR) is 66.1 cm³/mol. The van der Waals surface area contributed by atoms with E-state index in [1.54, 1.807) is 7.11 Å². The first-order chi connectivity index (χ1) is 8.30. The predicted octanol–water partition coefficient (Wildman–Crippen LogP) is 3.16. The van der Waals surface area contributed by atoms with Gasteiger partial charge in [-0.3, -0.25) is 0 Å². The number of methoxy groups -OCH3 is 1. The van der Waals surface area contributed by atoms with Crippen molar-refractivity contribution in [2.75, 3.05) is 13.7 Å². The Balaban J connectivity index is 1.78. The fourth-order valence-electron chi connectivity index (χ4n) is 4.74. The number of ether oxygens (including phenoxy) is 1. The molecule has 0 amide bonds. The molecule has 0 aromatic heterocycles. The maximum Gasteiger partial charge on any atom is 0.0968 e. The molecule has 0 spiro atoms. The van der Waals surface area contributed by atoms with Crippen LogP contribution in [0.1, 0.15) is 32.1 Å². The highest BCUT2D eigenvalue weighted by Gasteiger charge is 2.47. The normalized spacial score (nSPS) is 43.8. The minimum atomic E-state index is 0.485. The van der Waals surface area contributed by atoms with E-state index in [-0.39, 0.29) is 0 Å². The van der Waals surface area contributed by atoms with Crippen molar-refractivity contribution in [3.63, 3.8) is 0 Å². The summed E-state index contributed by atoms with van der Waals surface area (Å²) in [6.45, 7) is 0.485. The zero-order valence-electron chi connectivity index (χ0n) is 10.6. The number of allylic oxidation sites excluding steroid dienone is 1. The van der Waals surface area contributed by atoms with E-state index in [1.165, 1.54) is 32.1 Å². The van der Waals surface area contributed by atoms with Gasteiger partial charge in [0.15, 0.2) is 0 Å². The molecule has 4 aliphatic rings. The molecular formula is C15H21NO. The van der Waals surface area contributed by atoms with Gasteiger partial charge in [0.2, 0.25) is 0 Å². The third-order valence-corrected chi connectivity index (χ3v) is 5.14. The highest BCUT2D eigenvalue weighted by atomic mass is 16.5. The Kier molecular flexibility index (Phi) is 2.96. The molecular weight excluding hydrogens is 210 g/mol. The van der Waals surface area contributed by atoms with Gasteiger partial charge < -0.3 is 4.74 Å². The molecule has 0 radical (unpaired) electrons. The minimum Gasteiger partial charge on any atom is -0.379 e. The number of hydrogen-bond donors (Lipinski definition) is 0. The number of nitrogens with zero attached hydrogens (tertiary/aromatic N) is 1. The second kappa shape index (κ2) is 4.46. The summed E-state index contributed by atoms with van der Waals surface area (Å²) in [5.41, 5.74) is 0.838. The standard InChI is InChI=1S/C15H21NO/c1-17-9-12(8-16)7-15-13-3-10-2-11(5-13)6-14(15)4-10/h7,10-11,13-15H,2-6,9H2,1H3/b12-7-. The van der Waals surface area contributed by atoms with Crippen LogP contribution in [0.3, 0.4) is 0 Å². The van der Waals surface area contributed by atoms with Crippen LogP contribution >= 0.6 is 0 Å². The van der Waals surface area contributed by atoms with Gasteiger partial charge in [-0.15, -0.1) is 0 Å². The van der Waals surface area contributed by atoms with Gasteiger partial charge in [-0.05, 0) is 61.7 Å². The van der Waals surface area contributed by atoms with Gasteiger partial charge in [0.1, 0.15) is 0 Å². The molecule has 2 nitrogen and oxygen atoms in total. The average molecular weight is 231 g/mol. The molecule has 0 aromatic rings. The van der Waals surface area contributed by atoms with Crippen molar-refractivity contribution in [1.82, 2.24) is 0 Å². The number of rotatable bonds is 3. The van der Waals surface area contributed by atoms with E-state index >= 15 is 0 Å². The van der Waals surface area contributed by atoms with E-state index in [0.717, 1.165) is 29.2 Å². The zero-order valence-corrected chi connectivity index (χ0v) is 10.6. The Hall–Kier alpha value is -0.810. The molecule has 0 N–H and O–H groups in total. The van der Waals surface area contributed by atoms with Crippen LogP contribution in [0.15, 0.2) is 11.6 Å². The Labute approximate surface area is 104 Å². The topological polar surface area (TPSA) is 33.0 Å². The van der Waals surface area contributed by atoms with Crippen molar-refractivity contribution >= 4 is 0 Å². The average Bonchev–Trinajstić information content (AvgIpc) is 2.31. The molecule has 0 aromatic carbocycles. The molecule has 4 saturated carbocycles. The van der Waals surface area contributed by atoms with Crippen LogP contribution in [0.4, 0.5) is 0 Å². The van der Waals surface area contributed by atoms with E-state index in [1.807, 2.05) is 0 Å². The summed E-state index contributed by atoms with van der Waals surface area (Å²) < 4.78 is 5.10. The zero-order chi connectivity index (χ0) is 11.8. The quantitative estimate of drug-likeness (QED) is 0.699. The van der Waals surface area contributed by atoms with E-state index in [0.29, 0.717) is 12.5 Å². The van der Waals surface area contributed by atoms with Crippen LogP contribution in [0, 0.1) is 40.9 Å². The maximum atomic E-state index is 9.11. The smallest absolute Gasteiger partial charge is 0.0968 e. The van der Waals surface area contributed by atoms with Crippen LogP contribution in [0.2, 0.25) is 0 Å². The van der Waals surface area contributed by atoms with Gasteiger partial charge in [0.05, 0.1) is 18.2 Å². The van der Waals surface area contributed by atoms with E-state index < -0.39 is 0 Å². The Morgan fingerprint density at radius 3 is 2.24 bits per heavy atom. The summed E-state index contributed by atoms with van der Waals surface area (Å²) in [5, 5.41) is 9.11. The molecule has 0 atom stereocenters. The van der Waals surface area contributed by atoms with Crippen molar-refractivity contribution in [1.29, 1.82) is 5.26 Å². The van der Waals surface area contributed by atoms with Gasteiger partial charge in [-0.1, -0.05) is 6.08 Å². The number of nitriles is 1. The first-order valence-corrected chi connectivity index (χ1v) is 6.90. The summed E-state index contributed by atoms with van der Waals surface area (Å²) in [6.07, 6.45) is 9.41. The van der Waals surface area contributed by atoms with Crippen LogP contribution in [0.25, 0.3) is 0 Å². The van der Waals surface area contributed by atoms with E-state index in [4.69, 9.17) is 10.00 Å². The lowest BCUT2D eigenvalue weighted by molar-refractivity contribution is -0.0165. The summed E-state index contributed by atoms with van der Waals surface area (Å²) >= 11 is 0. The van der Waals surface area contributed by atoms with Gasteiger partial charge in [-0.2, -0.15) is 5.26 Å². The lowest BCUT2D eigenvalue weighted by Crippen LogP contribution is -2.44. The summed E-state index contributed by atoms with van der Waals surface area (Å²) in [6, 6.07) is 2.30. The monoisotopic (exact) mass is 231 g/mol. The van der Waals surface area contributed by atoms with Crippen LogP contribution in [-0.4, -0.2) is 13.7 Å². The summed E-state index contributed by atoms with van der Waals surface area (Å²) in [5.74, 6) is 4.43. The molecule has 0 saturated heterocycles. The Bertz CT molecular complexity index is 338. The second-order valence-electron chi connectivity index (χ2n) is 6.24. The highest BCUT2D eigenvalue weighted by molar-refractivity contribution is 5.24.